The Balaban J connectivity index is 0.00000312. The average molecular weight is 383 g/mol. The minimum atomic E-state index is -4.39. The molecule has 9 heteroatoms. The van der Waals surface area contributed by atoms with E-state index in [1.807, 2.05) is 0 Å². The Labute approximate surface area is 150 Å². The summed E-state index contributed by atoms with van der Waals surface area (Å²) in [5.41, 5.74) is -0.761. The molecule has 1 aliphatic rings. The molecule has 5 nitrogen and oxygen atoms in total. The number of amides is 1. The molecule has 1 heterocycles. The van der Waals surface area contributed by atoms with Gasteiger partial charge in [-0.05, 0) is 43.7 Å². The number of alkyl halides is 3. The van der Waals surface area contributed by atoms with Gasteiger partial charge in [0.1, 0.15) is 18.5 Å². The number of rotatable bonds is 6. The third-order valence-electron chi connectivity index (χ3n) is 3.76. The second-order valence-electron chi connectivity index (χ2n) is 5.73. The van der Waals surface area contributed by atoms with Crippen LogP contribution in [0, 0.1) is 0 Å². The number of hydrogen-bond acceptors (Lipinski definition) is 4. The van der Waals surface area contributed by atoms with Gasteiger partial charge in [0.2, 0.25) is 5.91 Å². The molecule has 1 fully saturated rings. The smallest absolute Gasteiger partial charge is 0.416 e. The zero-order chi connectivity index (χ0) is 17.6. The highest BCUT2D eigenvalue weighted by molar-refractivity contribution is 5.85. The van der Waals surface area contributed by atoms with Crippen LogP contribution < -0.4 is 15.4 Å². The van der Waals surface area contributed by atoms with Crippen LogP contribution in [0.25, 0.3) is 0 Å². The van der Waals surface area contributed by atoms with Crippen molar-refractivity contribution in [2.45, 2.75) is 37.6 Å². The van der Waals surface area contributed by atoms with Gasteiger partial charge in [-0.1, -0.05) is 6.42 Å². The van der Waals surface area contributed by atoms with Crippen LogP contribution in [0.1, 0.15) is 24.8 Å². The maximum Gasteiger partial charge on any atom is 0.416 e. The number of ether oxygens (including phenoxy) is 1. The average Bonchev–Trinajstić information content (AvgIpc) is 2.58. The number of halogens is 4. The monoisotopic (exact) mass is 382 g/mol. The highest BCUT2D eigenvalue weighted by Crippen LogP contribution is 2.30. The summed E-state index contributed by atoms with van der Waals surface area (Å²) in [6.45, 7) is 0.707. The van der Waals surface area contributed by atoms with Crippen LogP contribution in [0.3, 0.4) is 0 Å². The number of nitrogens with one attached hydrogen (secondary N) is 2. The molecule has 0 aliphatic carbocycles. The number of hydrogen-bond donors (Lipinski definition) is 3. The molecule has 2 rings (SSSR count). The van der Waals surface area contributed by atoms with Crippen molar-refractivity contribution in [2.24, 2.45) is 0 Å². The molecule has 142 valence electrons. The molecule has 25 heavy (non-hydrogen) atoms. The van der Waals surface area contributed by atoms with Gasteiger partial charge in [-0.3, -0.25) is 4.79 Å². The van der Waals surface area contributed by atoms with Crippen LogP contribution >= 0.6 is 12.4 Å². The molecule has 0 spiro atoms. The first-order valence-electron chi connectivity index (χ1n) is 7.85. The summed E-state index contributed by atoms with van der Waals surface area (Å²) in [6.07, 6.45) is -2.53. The maximum atomic E-state index is 12.4. The molecule has 1 aromatic carbocycles. The van der Waals surface area contributed by atoms with E-state index in [2.05, 4.69) is 10.6 Å². The van der Waals surface area contributed by atoms with Crippen molar-refractivity contribution < 1.29 is 27.8 Å². The van der Waals surface area contributed by atoms with Gasteiger partial charge in [0.15, 0.2) is 0 Å². The van der Waals surface area contributed by atoms with Crippen LogP contribution in [0.2, 0.25) is 0 Å². The Hall–Kier alpha value is -1.51. The normalized spacial score (nSPS) is 18.8. The largest absolute Gasteiger partial charge is 0.491 e. The molecule has 0 radical (unpaired) electrons. The van der Waals surface area contributed by atoms with Crippen LogP contribution in [0.4, 0.5) is 13.2 Å². The van der Waals surface area contributed by atoms with Crippen molar-refractivity contribution >= 4 is 18.3 Å². The third-order valence-corrected chi connectivity index (χ3v) is 3.76. The minimum Gasteiger partial charge on any atom is -0.491 e. The Morgan fingerprint density at radius 2 is 2.00 bits per heavy atom. The van der Waals surface area contributed by atoms with E-state index in [0.29, 0.717) is 0 Å². The molecule has 1 saturated heterocycles. The first-order chi connectivity index (χ1) is 11.4. The van der Waals surface area contributed by atoms with Crippen LogP contribution in [0.15, 0.2) is 24.3 Å². The van der Waals surface area contributed by atoms with E-state index in [1.165, 1.54) is 12.1 Å². The van der Waals surface area contributed by atoms with E-state index in [-0.39, 0.29) is 43.3 Å². The van der Waals surface area contributed by atoms with Gasteiger partial charge in [0.25, 0.3) is 0 Å². The number of carbonyl (C=O) groups excluding carboxylic acids is 1. The lowest BCUT2D eigenvalue weighted by Crippen LogP contribution is -2.48. The van der Waals surface area contributed by atoms with Gasteiger partial charge in [-0.25, -0.2) is 0 Å². The van der Waals surface area contributed by atoms with Gasteiger partial charge in [0.05, 0.1) is 11.6 Å². The molecule has 1 amide bonds. The minimum absolute atomic E-state index is 0. The van der Waals surface area contributed by atoms with Crippen molar-refractivity contribution in [3.63, 3.8) is 0 Å². The van der Waals surface area contributed by atoms with Gasteiger partial charge < -0.3 is 20.5 Å². The first-order valence-corrected chi connectivity index (χ1v) is 7.85. The highest BCUT2D eigenvalue weighted by atomic mass is 35.5. The molecular weight excluding hydrogens is 361 g/mol. The van der Waals surface area contributed by atoms with Gasteiger partial charge in [0, 0.05) is 6.54 Å². The van der Waals surface area contributed by atoms with Crippen LogP contribution in [0.5, 0.6) is 5.75 Å². The number of aliphatic hydroxyl groups is 1. The molecule has 0 aromatic heterocycles. The lowest BCUT2D eigenvalue weighted by molar-refractivity contribution is -0.137. The molecule has 3 N–H and O–H groups in total. The fourth-order valence-corrected chi connectivity index (χ4v) is 2.41. The van der Waals surface area contributed by atoms with E-state index >= 15 is 0 Å². The van der Waals surface area contributed by atoms with E-state index in [9.17, 15) is 23.1 Å². The quantitative estimate of drug-likeness (QED) is 0.705. The summed E-state index contributed by atoms with van der Waals surface area (Å²) in [6, 6.07) is 3.98. The Kier molecular flexibility index (Phi) is 8.47. The Morgan fingerprint density at radius 3 is 2.56 bits per heavy atom. The van der Waals surface area contributed by atoms with Crippen molar-refractivity contribution in [1.82, 2.24) is 10.6 Å². The Bertz CT molecular complexity index is 534. The molecule has 0 bridgehead atoms. The number of aliphatic hydroxyl groups excluding tert-OH is 1. The highest BCUT2D eigenvalue weighted by Gasteiger charge is 2.30. The summed E-state index contributed by atoms with van der Waals surface area (Å²) < 4.78 is 42.5. The zero-order valence-corrected chi connectivity index (χ0v) is 14.3. The van der Waals surface area contributed by atoms with Crippen LogP contribution in [-0.2, 0) is 11.0 Å². The summed E-state index contributed by atoms with van der Waals surface area (Å²) in [4.78, 5) is 11.9. The fraction of sp³-hybridized carbons (Fsp3) is 0.562. The zero-order valence-electron chi connectivity index (χ0n) is 13.5. The van der Waals surface area contributed by atoms with E-state index in [4.69, 9.17) is 4.74 Å². The first kappa shape index (κ1) is 21.5. The lowest BCUT2D eigenvalue weighted by atomic mass is 10.0. The summed E-state index contributed by atoms with van der Waals surface area (Å²) in [7, 11) is 0. The second-order valence-corrected chi connectivity index (χ2v) is 5.73. The summed E-state index contributed by atoms with van der Waals surface area (Å²) in [5.74, 6) is 0.0607. The van der Waals surface area contributed by atoms with Crippen molar-refractivity contribution in [2.75, 3.05) is 19.7 Å². The van der Waals surface area contributed by atoms with E-state index < -0.39 is 17.8 Å². The summed E-state index contributed by atoms with van der Waals surface area (Å²) >= 11 is 0. The van der Waals surface area contributed by atoms with Gasteiger partial charge >= 0.3 is 6.18 Å². The number of benzene rings is 1. The molecule has 2 atom stereocenters. The molecular formula is C16H22ClF3N2O3. The van der Waals surface area contributed by atoms with Crippen molar-refractivity contribution in [3.8, 4) is 5.75 Å². The van der Waals surface area contributed by atoms with E-state index in [1.54, 1.807) is 0 Å². The SMILES string of the molecule is Cl.O=C(NCC(O)COc1ccc(C(F)(F)F)cc1)C1CCCCN1. The predicted octanol–water partition coefficient (Wildman–Crippen LogP) is 2.13. The summed E-state index contributed by atoms with van der Waals surface area (Å²) in [5, 5.41) is 15.5. The second kappa shape index (κ2) is 9.84. The molecule has 2 unspecified atom stereocenters. The van der Waals surface area contributed by atoms with Gasteiger partial charge in [-0.2, -0.15) is 13.2 Å². The maximum absolute atomic E-state index is 12.4. The van der Waals surface area contributed by atoms with Gasteiger partial charge in [-0.15, -0.1) is 12.4 Å². The topological polar surface area (TPSA) is 70.6 Å². The van der Waals surface area contributed by atoms with Crippen molar-refractivity contribution in [1.29, 1.82) is 0 Å². The van der Waals surface area contributed by atoms with Crippen molar-refractivity contribution in [3.05, 3.63) is 29.8 Å². The molecule has 1 aliphatic heterocycles. The Morgan fingerprint density at radius 1 is 1.32 bits per heavy atom. The van der Waals surface area contributed by atoms with E-state index in [0.717, 1.165) is 37.9 Å². The molecule has 1 aromatic rings. The third kappa shape index (κ3) is 7.09. The lowest BCUT2D eigenvalue weighted by Gasteiger charge is -2.23. The predicted molar refractivity (Wildman–Crippen MR) is 88.8 cm³/mol. The molecule has 0 saturated carbocycles. The fourth-order valence-electron chi connectivity index (χ4n) is 2.41. The standard InChI is InChI=1S/C16H21F3N2O3.ClH/c17-16(18,19)11-4-6-13(7-5-11)24-10-12(22)9-21-15(23)14-3-1-2-8-20-14;/h4-7,12,14,20,22H,1-3,8-10H2,(H,21,23);1H. The number of piperidine rings is 1. The van der Waals surface area contributed by atoms with Crippen LogP contribution in [-0.4, -0.2) is 42.9 Å². The number of carbonyl (C=O) groups is 1.